The Bertz CT molecular complexity index is 943. The van der Waals surface area contributed by atoms with Crippen LogP contribution in [0.15, 0.2) is 72.8 Å². The highest BCUT2D eigenvalue weighted by Gasteiger charge is 2.13. The van der Waals surface area contributed by atoms with Crippen LogP contribution in [-0.4, -0.2) is 4.92 Å². The van der Waals surface area contributed by atoms with Crippen LogP contribution in [0.1, 0.15) is 11.1 Å². The van der Waals surface area contributed by atoms with Gasteiger partial charge >= 0.3 is 0 Å². The summed E-state index contributed by atoms with van der Waals surface area (Å²) in [6.07, 6.45) is 5.40. The molecule has 0 amide bonds. The van der Waals surface area contributed by atoms with Gasteiger partial charge in [0.25, 0.3) is 5.69 Å². The highest BCUT2D eigenvalue weighted by Crippen LogP contribution is 2.28. The summed E-state index contributed by atoms with van der Waals surface area (Å²) in [6.45, 7) is 0.472. The molecule has 3 rings (SSSR count). The summed E-state index contributed by atoms with van der Waals surface area (Å²) in [5.41, 5.74) is 2.97. The van der Waals surface area contributed by atoms with Gasteiger partial charge in [0.15, 0.2) is 0 Å². The van der Waals surface area contributed by atoms with E-state index in [0.29, 0.717) is 6.61 Å². The quantitative estimate of drug-likeness (QED) is 0.383. The van der Waals surface area contributed by atoms with Gasteiger partial charge in [-0.15, -0.1) is 6.42 Å². The van der Waals surface area contributed by atoms with Crippen LogP contribution in [0.5, 0.6) is 5.75 Å². The molecule has 0 saturated carbocycles. The minimum Gasteiger partial charge on any atom is -0.489 e. The molecule has 0 N–H and O–H groups in total. The molecule has 4 nitrogen and oxygen atoms in total. The minimum absolute atomic E-state index is 0.0669. The van der Waals surface area contributed by atoms with E-state index in [9.17, 15) is 10.1 Å². The molecular weight excluding hydrogens is 314 g/mol. The molecule has 0 radical (unpaired) electrons. The van der Waals surface area contributed by atoms with Crippen molar-refractivity contribution >= 4 is 5.69 Å². The van der Waals surface area contributed by atoms with E-state index in [1.165, 1.54) is 6.07 Å². The van der Waals surface area contributed by atoms with E-state index < -0.39 is 4.92 Å². The Morgan fingerprint density at radius 1 is 0.960 bits per heavy atom. The number of terminal acetylenes is 1. The maximum absolute atomic E-state index is 11.0. The molecular formula is C21H15NO3. The number of nitro groups is 1. The molecule has 4 heteroatoms. The highest BCUT2D eigenvalue weighted by molar-refractivity contribution is 5.70. The molecule has 0 aliphatic rings. The van der Waals surface area contributed by atoms with Crippen LogP contribution in [0, 0.1) is 22.5 Å². The first-order chi connectivity index (χ1) is 12.2. The molecule has 0 fully saturated rings. The van der Waals surface area contributed by atoms with E-state index in [4.69, 9.17) is 11.2 Å². The van der Waals surface area contributed by atoms with Crippen molar-refractivity contribution in [1.29, 1.82) is 0 Å². The third kappa shape index (κ3) is 3.85. The molecule has 0 atom stereocenters. The predicted octanol–water partition coefficient (Wildman–Crippen LogP) is 4.82. The van der Waals surface area contributed by atoms with Crippen molar-refractivity contribution in [3.05, 3.63) is 94.0 Å². The van der Waals surface area contributed by atoms with Crippen molar-refractivity contribution in [2.75, 3.05) is 0 Å². The largest absolute Gasteiger partial charge is 0.489 e. The zero-order valence-corrected chi connectivity index (χ0v) is 13.4. The standard InChI is InChI=1S/C21H15NO3/c1-2-17-13-19(11-12-21(17)22(23)24)18-9-6-10-20(14-18)25-15-16-7-4-3-5-8-16/h1,3-14H,15H2. The van der Waals surface area contributed by atoms with Gasteiger partial charge in [0.2, 0.25) is 0 Å². The minimum atomic E-state index is -0.474. The summed E-state index contributed by atoms with van der Waals surface area (Å²) < 4.78 is 5.82. The maximum atomic E-state index is 11.0. The number of hydrogen-bond donors (Lipinski definition) is 0. The van der Waals surface area contributed by atoms with Gasteiger partial charge in [-0.2, -0.15) is 0 Å². The van der Waals surface area contributed by atoms with Crippen molar-refractivity contribution in [3.8, 4) is 29.2 Å². The average molecular weight is 329 g/mol. The Balaban J connectivity index is 1.84. The van der Waals surface area contributed by atoms with E-state index in [-0.39, 0.29) is 11.3 Å². The van der Waals surface area contributed by atoms with E-state index >= 15 is 0 Å². The van der Waals surface area contributed by atoms with Crippen LogP contribution in [0.25, 0.3) is 11.1 Å². The van der Waals surface area contributed by atoms with E-state index in [1.807, 2.05) is 54.6 Å². The first kappa shape index (κ1) is 16.3. The lowest BCUT2D eigenvalue weighted by Crippen LogP contribution is -1.95. The average Bonchev–Trinajstić information content (AvgIpc) is 2.67. The summed E-state index contributed by atoms with van der Waals surface area (Å²) in [7, 11) is 0. The Hall–Kier alpha value is -3.58. The Morgan fingerprint density at radius 3 is 2.44 bits per heavy atom. The normalized spacial score (nSPS) is 10.0. The van der Waals surface area contributed by atoms with Crippen LogP contribution in [0.4, 0.5) is 5.69 Å². The topological polar surface area (TPSA) is 52.4 Å². The van der Waals surface area contributed by atoms with Crippen molar-refractivity contribution in [3.63, 3.8) is 0 Å². The number of ether oxygens (including phenoxy) is 1. The monoisotopic (exact) mass is 329 g/mol. The molecule has 0 heterocycles. The number of nitrogens with zero attached hydrogens (tertiary/aromatic N) is 1. The zero-order valence-electron chi connectivity index (χ0n) is 13.4. The second-order valence-electron chi connectivity index (χ2n) is 5.44. The molecule has 0 bridgehead atoms. The van der Waals surface area contributed by atoms with Crippen molar-refractivity contribution in [2.45, 2.75) is 6.61 Å². The van der Waals surface area contributed by atoms with Gasteiger partial charge in [0.1, 0.15) is 17.9 Å². The third-order valence-electron chi connectivity index (χ3n) is 3.76. The number of hydrogen-bond acceptors (Lipinski definition) is 3. The maximum Gasteiger partial charge on any atom is 0.284 e. The molecule has 0 aliphatic heterocycles. The fourth-order valence-corrected chi connectivity index (χ4v) is 2.50. The van der Waals surface area contributed by atoms with E-state index in [1.54, 1.807) is 12.1 Å². The molecule has 25 heavy (non-hydrogen) atoms. The Kier molecular flexibility index (Phi) is 4.77. The van der Waals surface area contributed by atoms with Crippen molar-refractivity contribution < 1.29 is 9.66 Å². The van der Waals surface area contributed by atoms with Crippen LogP contribution in [0.2, 0.25) is 0 Å². The van der Waals surface area contributed by atoms with Crippen molar-refractivity contribution in [2.24, 2.45) is 0 Å². The number of benzene rings is 3. The van der Waals surface area contributed by atoms with Gasteiger partial charge in [-0.25, -0.2) is 0 Å². The molecule has 3 aromatic rings. The summed E-state index contributed by atoms with van der Waals surface area (Å²) in [6, 6.07) is 22.2. The molecule has 0 aliphatic carbocycles. The van der Waals surface area contributed by atoms with Gasteiger partial charge < -0.3 is 4.74 Å². The van der Waals surface area contributed by atoms with Crippen LogP contribution in [-0.2, 0) is 6.61 Å². The van der Waals surface area contributed by atoms with Gasteiger partial charge in [0, 0.05) is 6.07 Å². The molecule has 0 spiro atoms. The van der Waals surface area contributed by atoms with Gasteiger partial charge in [-0.3, -0.25) is 10.1 Å². The summed E-state index contributed by atoms with van der Waals surface area (Å²) in [5, 5.41) is 11.0. The van der Waals surface area contributed by atoms with Crippen molar-refractivity contribution in [1.82, 2.24) is 0 Å². The fraction of sp³-hybridized carbons (Fsp3) is 0.0476. The SMILES string of the molecule is C#Cc1cc(-c2cccc(OCc3ccccc3)c2)ccc1[N+](=O)[O-]. The second kappa shape index (κ2) is 7.33. The smallest absolute Gasteiger partial charge is 0.284 e. The van der Waals surface area contributed by atoms with Gasteiger partial charge in [-0.05, 0) is 41.0 Å². The first-order valence-electron chi connectivity index (χ1n) is 7.69. The third-order valence-corrected chi connectivity index (χ3v) is 3.76. The van der Waals surface area contributed by atoms with Crippen LogP contribution >= 0.6 is 0 Å². The second-order valence-corrected chi connectivity index (χ2v) is 5.44. The molecule has 0 aromatic heterocycles. The lowest BCUT2D eigenvalue weighted by Gasteiger charge is -2.09. The zero-order chi connectivity index (χ0) is 17.6. The molecule has 122 valence electrons. The fourth-order valence-electron chi connectivity index (χ4n) is 2.50. The van der Waals surface area contributed by atoms with Gasteiger partial charge in [0.05, 0.1) is 4.92 Å². The first-order valence-corrected chi connectivity index (χ1v) is 7.69. The Morgan fingerprint density at radius 2 is 1.72 bits per heavy atom. The highest BCUT2D eigenvalue weighted by atomic mass is 16.6. The summed E-state index contributed by atoms with van der Waals surface area (Å²) in [4.78, 5) is 10.5. The molecule has 0 unspecified atom stereocenters. The van der Waals surface area contributed by atoms with E-state index in [2.05, 4.69) is 5.92 Å². The lowest BCUT2D eigenvalue weighted by atomic mass is 10.0. The summed E-state index contributed by atoms with van der Waals surface area (Å²) >= 11 is 0. The Labute approximate surface area is 145 Å². The van der Waals surface area contributed by atoms with Crippen LogP contribution < -0.4 is 4.74 Å². The summed E-state index contributed by atoms with van der Waals surface area (Å²) in [5.74, 6) is 3.10. The number of nitro benzene ring substituents is 1. The predicted molar refractivity (Wildman–Crippen MR) is 97.2 cm³/mol. The molecule has 0 saturated heterocycles. The lowest BCUT2D eigenvalue weighted by molar-refractivity contribution is -0.385. The molecule has 3 aromatic carbocycles. The van der Waals surface area contributed by atoms with Crippen LogP contribution in [0.3, 0.4) is 0 Å². The van der Waals surface area contributed by atoms with E-state index in [0.717, 1.165) is 22.4 Å². The van der Waals surface area contributed by atoms with Gasteiger partial charge in [-0.1, -0.05) is 48.4 Å². The number of rotatable bonds is 5.